The predicted octanol–water partition coefficient (Wildman–Crippen LogP) is 0.354. The Morgan fingerprint density at radius 1 is 1.28 bits per heavy atom. The maximum Gasteiger partial charge on any atom is 0.325 e. The van der Waals surface area contributed by atoms with Crippen LogP contribution in [0.5, 0.6) is 0 Å². The zero-order valence-electron chi connectivity index (χ0n) is 10.4. The molecule has 0 aliphatic carbocycles. The molecule has 0 bridgehead atoms. The van der Waals surface area contributed by atoms with Crippen LogP contribution in [0.2, 0.25) is 0 Å². The first-order valence-electron chi connectivity index (χ1n) is 6.41. The number of nitrogens with one attached hydrogen (secondary N) is 2. The summed E-state index contributed by atoms with van der Waals surface area (Å²) in [6, 6.07) is 1.78. The van der Waals surface area contributed by atoms with E-state index in [2.05, 4.69) is 16.7 Å². The number of hydrogen-bond donors (Lipinski definition) is 2. The van der Waals surface area contributed by atoms with Crippen molar-refractivity contribution in [1.29, 1.82) is 5.26 Å². The number of amides is 3. The van der Waals surface area contributed by atoms with Gasteiger partial charge in [-0.1, -0.05) is 0 Å². The average molecular weight is 250 g/mol. The molecule has 2 aliphatic rings. The van der Waals surface area contributed by atoms with Gasteiger partial charge in [0, 0.05) is 13.0 Å². The van der Waals surface area contributed by atoms with E-state index < -0.39 is 5.54 Å². The Morgan fingerprint density at radius 2 is 2.00 bits per heavy atom. The van der Waals surface area contributed by atoms with E-state index in [0.29, 0.717) is 32.2 Å². The van der Waals surface area contributed by atoms with Gasteiger partial charge in [-0.05, 0) is 38.8 Å². The second-order valence-corrected chi connectivity index (χ2v) is 4.83. The summed E-state index contributed by atoms with van der Waals surface area (Å²) in [6.07, 6.45) is 3.21. The standard InChI is InChI=1S/C12H18N4O2/c13-6-2-1-3-9-16-10(17)12(15-11(16)18)4-7-14-8-5-12/h14H,1-5,7-9H2,(H,15,18). The fraction of sp³-hybridized carbons (Fsp3) is 0.750. The van der Waals surface area contributed by atoms with Crippen molar-refractivity contribution in [3.05, 3.63) is 0 Å². The number of urea groups is 1. The number of hydrogen-bond acceptors (Lipinski definition) is 4. The van der Waals surface area contributed by atoms with E-state index in [0.717, 1.165) is 19.5 Å². The molecule has 0 atom stereocenters. The van der Waals surface area contributed by atoms with Gasteiger partial charge in [-0.25, -0.2) is 4.79 Å². The van der Waals surface area contributed by atoms with E-state index in [-0.39, 0.29) is 11.9 Å². The summed E-state index contributed by atoms with van der Waals surface area (Å²) in [5.74, 6) is -0.0917. The summed E-state index contributed by atoms with van der Waals surface area (Å²) >= 11 is 0. The number of imide groups is 1. The number of unbranched alkanes of at least 4 members (excludes halogenated alkanes) is 2. The van der Waals surface area contributed by atoms with Crippen molar-refractivity contribution in [3.63, 3.8) is 0 Å². The van der Waals surface area contributed by atoms with Gasteiger partial charge in [-0.15, -0.1) is 0 Å². The van der Waals surface area contributed by atoms with Crippen LogP contribution in [0.25, 0.3) is 0 Å². The third-order valence-corrected chi connectivity index (χ3v) is 3.62. The number of rotatable bonds is 4. The molecule has 0 aromatic heterocycles. The van der Waals surface area contributed by atoms with E-state index in [1.807, 2.05) is 0 Å². The van der Waals surface area contributed by atoms with Crippen molar-refractivity contribution in [1.82, 2.24) is 15.5 Å². The lowest BCUT2D eigenvalue weighted by Gasteiger charge is -2.31. The molecular formula is C12H18N4O2. The van der Waals surface area contributed by atoms with Gasteiger partial charge >= 0.3 is 6.03 Å². The van der Waals surface area contributed by atoms with Crippen LogP contribution in [0.1, 0.15) is 32.1 Å². The van der Waals surface area contributed by atoms with Crippen LogP contribution >= 0.6 is 0 Å². The van der Waals surface area contributed by atoms with Crippen molar-refractivity contribution in [3.8, 4) is 6.07 Å². The van der Waals surface area contributed by atoms with E-state index in [4.69, 9.17) is 5.26 Å². The Hall–Kier alpha value is -1.61. The molecule has 2 aliphatic heterocycles. The minimum Gasteiger partial charge on any atom is -0.323 e. The average Bonchev–Trinajstić information content (AvgIpc) is 2.59. The molecular weight excluding hydrogens is 232 g/mol. The maximum atomic E-state index is 12.3. The van der Waals surface area contributed by atoms with Crippen LogP contribution in [-0.4, -0.2) is 42.0 Å². The molecule has 98 valence electrons. The van der Waals surface area contributed by atoms with Crippen molar-refractivity contribution >= 4 is 11.9 Å². The lowest BCUT2D eigenvalue weighted by Crippen LogP contribution is -2.53. The van der Waals surface area contributed by atoms with Crippen LogP contribution in [0.15, 0.2) is 0 Å². The SMILES string of the molecule is N#CCCCCN1C(=O)NC2(CCNCC2)C1=O. The Labute approximate surface area is 106 Å². The first kappa shape index (κ1) is 12.8. The van der Waals surface area contributed by atoms with Crippen LogP contribution in [0.3, 0.4) is 0 Å². The van der Waals surface area contributed by atoms with Crippen LogP contribution in [-0.2, 0) is 4.79 Å². The predicted molar refractivity (Wildman–Crippen MR) is 64.5 cm³/mol. The minimum absolute atomic E-state index is 0.0917. The molecule has 6 heteroatoms. The molecule has 0 unspecified atom stereocenters. The van der Waals surface area contributed by atoms with Crippen molar-refractivity contribution in [2.24, 2.45) is 0 Å². The third kappa shape index (κ3) is 2.31. The lowest BCUT2D eigenvalue weighted by atomic mass is 9.88. The minimum atomic E-state index is -0.669. The van der Waals surface area contributed by atoms with Gasteiger partial charge in [0.15, 0.2) is 0 Å². The fourth-order valence-corrected chi connectivity index (χ4v) is 2.55. The van der Waals surface area contributed by atoms with Crippen LogP contribution < -0.4 is 10.6 Å². The molecule has 2 heterocycles. The Morgan fingerprint density at radius 3 is 2.67 bits per heavy atom. The fourth-order valence-electron chi connectivity index (χ4n) is 2.55. The smallest absolute Gasteiger partial charge is 0.323 e. The van der Waals surface area contributed by atoms with E-state index >= 15 is 0 Å². The first-order valence-corrected chi connectivity index (χ1v) is 6.41. The molecule has 0 radical (unpaired) electrons. The summed E-state index contributed by atoms with van der Waals surface area (Å²) in [7, 11) is 0. The molecule has 0 saturated carbocycles. The number of carbonyl (C=O) groups is 2. The summed E-state index contributed by atoms with van der Waals surface area (Å²) in [4.78, 5) is 25.4. The van der Waals surface area contributed by atoms with E-state index in [9.17, 15) is 9.59 Å². The summed E-state index contributed by atoms with van der Waals surface area (Å²) in [5.41, 5.74) is -0.669. The molecule has 0 aromatic rings. The quantitative estimate of drug-likeness (QED) is 0.557. The highest BCUT2D eigenvalue weighted by molar-refractivity contribution is 6.07. The molecule has 6 nitrogen and oxygen atoms in total. The highest BCUT2D eigenvalue weighted by Crippen LogP contribution is 2.27. The maximum absolute atomic E-state index is 12.3. The normalized spacial score (nSPS) is 22.1. The second-order valence-electron chi connectivity index (χ2n) is 4.83. The zero-order valence-corrected chi connectivity index (χ0v) is 10.4. The van der Waals surface area contributed by atoms with E-state index in [1.165, 1.54) is 4.90 Å². The first-order chi connectivity index (χ1) is 8.69. The Bertz CT molecular complexity index is 382. The van der Waals surface area contributed by atoms with Gasteiger partial charge in [0.25, 0.3) is 5.91 Å². The van der Waals surface area contributed by atoms with Crippen molar-refractivity contribution in [2.45, 2.75) is 37.6 Å². The van der Waals surface area contributed by atoms with Gasteiger partial charge < -0.3 is 10.6 Å². The van der Waals surface area contributed by atoms with E-state index in [1.54, 1.807) is 0 Å². The highest BCUT2D eigenvalue weighted by Gasteiger charge is 2.50. The summed E-state index contributed by atoms with van der Waals surface area (Å²) in [5, 5.41) is 14.5. The Balaban J connectivity index is 1.94. The van der Waals surface area contributed by atoms with Crippen LogP contribution in [0, 0.1) is 11.3 Å². The molecule has 2 N–H and O–H groups in total. The molecule has 2 saturated heterocycles. The number of nitrogens with zero attached hydrogens (tertiary/aromatic N) is 2. The van der Waals surface area contributed by atoms with Crippen molar-refractivity contribution in [2.75, 3.05) is 19.6 Å². The van der Waals surface area contributed by atoms with Gasteiger partial charge in [-0.2, -0.15) is 5.26 Å². The topological polar surface area (TPSA) is 85.2 Å². The molecule has 0 aromatic carbocycles. The molecule has 1 spiro atoms. The number of carbonyl (C=O) groups excluding carboxylic acids is 2. The summed E-state index contributed by atoms with van der Waals surface area (Å²) in [6.45, 7) is 1.93. The molecule has 2 rings (SSSR count). The van der Waals surface area contributed by atoms with Crippen molar-refractivity contribution < 1.29 is 9.59 Å². The third-order valence-electron chi connectivity index (χ3n) is 3.62. The second kappa shape index (κ2) is 5.36. The monoisotopic (exact) mass is 250 g/mol. The number of piperidine rings is 1. The van der Waals surface area contributed by atoms with Gasteiger partial charge in [0.1, 0.15) is 5.54 Å². The molecule has 3 amide bonds. The number of nitriles is 1. The zero-order chi connectivity index (χ0) is 13.0. The van der Waals surface area contributed by atoms with Crippen LogP contribution in [0.4, 0.5) is 4.79 Å². The summed E-state index contributed by atoms with van der Waals surface area (Å²) < 4.78 is 0. The highest BCUT2D eigenvalue weighted by atomic mass is 16.2. The van der Waals surface area contributed by atoms with Gasteiger partial charge in [0.05, 0.1) is 6.07 Å². The lowest BCUT2D eigenvalue weighted by molar-refractivity contribution is -0.132. The molecule has 2 fully saturated rings. The van der Waals surface area contributed by atoms with Gasteiger partial charge in [0.2, 0.25) is 0 Å². The molecule has 18 heavy (non-hydrogen) atoms. The van der Waals surface area contributed by atoms with Gasteiger partial charge in [-0.3, -0.25) is 9.69 Å². The Kier molecular flexibility index (Phi) is 3.82. The largest absolute Gasteiger partial charge is 0.325 e.